The van der Waals surface area contributed by atoms with Gasteiger partial charge in [-0.05, 0) is 23.8 Å². The van der Waals surface area contributed by atoms with Gasteiger partial charge in [0.05, 0.1) is 5.71 Å². The number of phenolic OH excluding ortho intramolecular Hbond substituents is 1. The number of oxime groups is 1. The van der Waals surface area contributed by atoms with Crippen molar-refractivity contribution in [2.24, 2.45) is 5.16 Å². The SMILES string of the molecule is CCCCCC1=NOC(Cc2ccc3ccccc3c2O)C1. The van der Waals surface area contributed by atoms with Crippen LogP contribution in [0.1, 0.15) is 44.6 Å². The van der Waals surface area contributed by atoms with Gasteiger partial charge in [-0.2, -0.15) is 0 Å². The minimum absolute atomic E-state index is 0.0590. The van der Waals surface area contributed by atoms with Crippen LogP contribution in [0.15, 0.2) is 41.6 Å². The lowest BCUT2D eigenvalue weighted by Gasteiger charge is -2.11. The van der Waals surface area contributed by atoms with E-state index in [9.17, 15) is 5.11 Å². The summed E-state index contributed by atoms with van der Waals surface area (Å²) in [6.45, 7) is 2.21. The van der Waals surface area contributed by atoms with Crippen LogP contribution in [0, 0.1) is 0 Å². The Morgan fingerprint density at radius 3 is 2.91 bits per heavy atom. The predicted molar refractivity (Wildman–Crippen MR) is 90.4 cm³/mol. The summed E-state index contributed by atoms with van der Waals surface area (Å²) in [6.07, 6.45) is 6.34. The number of fused-ring (bicyclic) bond motifs is 1. The maximum Gasteiger partial charge on any atom is 0.137 e. The number of benzene rings is 2. The molecular weight excluding hydrogens is 274 g/mol. The number of rotatable bonds is 6. The Kier molecular flexibility index (Phi) is 4.62. The van der Waals surface area contributed by atoms with Gasteiger partial charge in [0.15, 0.2) is 0 Å². The van der Waals surface area contributed by atoms with Crippen molar-refractivity contribution in [3.8, 4) is 5.75 Å². The van der Waals surface area contributed by atoms with Crippen LogP contribution in [0.4, 0.5) is 0 Å². The van der Waals surface area contributed by atoms with Crippen LogP contribution in [0.5, 0.6) is 5.75 Å². The smallest absolute Gasteiger partial charge is 0.137 e. The third kappa shape index (κ3) is 3.24. The third-order valence-corrected chi connectivity index (χ3v) is 4.29. The molecule has 0 amide bonds. The van der Waals surface area contributed by atoms with Gasteiger partial charge in [0.2, 0.25) is 0 Å². The second kappa shape index (κ2) is 6.82. The number of phenols is 1. The van der Waals surface area contributed by atoms with Gasteiger partial charge >= 0.3 is 0 Å². The molecule has 0 fully saturated rings. The first-order valence-electron chi connectivity index (χ1n) is 8.19. The average Bonchev–Trinajstić information content (AvgIpc) is 2.98. The molecule has 2 aromatic carbocycles. The van der Waals surface area contributed by atoms with Crippen molar-refractivity contribution in [3.63, 3.8) is 0 Å². The van der Waals surface area contributed by atoms with Crippen LogP contribution in [-0.2, 0) is 11.3 Å². The molecule has 0 bridgehead atoms. The van der Waals surface area contributed by atoms with Crippen LogP contribution in [0.2, 0.25) is 0 Å². The van der Waals surface area contributed by atoms with Crippen molar-refractivity contribution in [2.75, 3.05) is 0 Å². The quantitative estimate of drug-likeness (QED) is 0.777. The first-order chi connectivity index (χ1) is 10.8. The fraction of sp³-hybridized carbons (Fsp3) is 0.421. The van der Waals surface area contributed by atoms with Gasteiger partial charge in [-0.15, -0.1) is 0 Å². The fourth-order valence-corrected chi connectivity index (χ4v) is 3.03. The van der Waals surface area contributed by atoms with E-state index in [0.717, 1.165) is 29.2 Å². The summed E-state index contributed by atoms with van der Waals surface area (Å²) in [4.78, 5) is 5.54. The summed E-state index contributed by atoms with van der Waals surface area (Å²) in [5.74, 6) is 0.376. The third-order valence-electron chi connectivity index (χ3n) is 4.29. The van der Waals surface area contributed by atoms with Crippen LogP contribution in [0.3, 0.4) is 0 Å². The van der Waals surface area contributed by atoms with Crippen LogP contribution in [-0.4, -0.2) is 16.9 Å². The number of hydrogen-bond acceptors (Lipinski definition) is 3. The Hall–Kier alpha value is -2.03. The molecule has 0 aliphatic carbocycles. The second-order valence-corrected chi connectivity index (χ2v) is 6.04. The number of hydrogen-bond donors (Lipinski definition) is 1. The van der Waals surface area contributed by atoms with E-state index in [4.69, 9.17) is 4.84 Å². The van der Waals surface area contributed by atoms with Crippen molar-refractivity contribution < 1.29 is 9.94 Å². The molecule has 0 spiro atoms. The molecule has 1 atom stereocenters. The molecule has 1 heterocycles. The Morgan fingerprint density at radius 2 is 2.05 bits per heavy atom. The van der Waals surface area contributed by atoms with E-state index < -0.39 is 0 Å². The summed E-state index contributed by atoms with van der Waals surface area (Å²) >= 11 is 0. The largest absolute Gasteiger partial charge is 0.507 e. The van der Waals surface area contributed by atoms with Gasteiger partial charge in [-0.3, -0.25) is 0 Å². The molecule has 1 unspecified atom stereocenters. The average molecular weight is 297 g/mol. The molecular formula is C19H23NO2. The monoisotopic (exact) mass is 297 g/mol. The van der Waals surface area contributed by atoms with Gasteiger partial charge < -0.3 is 9.94 Å². The highest BCUT2D eigenvalue weighted by Crippen LogP contribution is 2.31. The molecule has 3 rings (SSSR count). The molecule has 1 aliphatic rings. The van der Waals surface area contributed by atoms with Gasteiger partial charge in [0.1, 0.15) is 11.9 Å². The summed E-state index contributed by atoms with van der Waals surface area (Å²) in [7, 11) is 0. The molecule has 3 heteroatoms. The maximum atomic E-state index is 10.5. The molecule has 0 saturated carbocycles. The Balaban J connectivity index is 1.64. The van der Waals surface area contributed by atoms with Crippen molar-refractivity contribution in [1.82, 2.24) is 0 Å². The standard InChI is InChI=1S/C19H23NO2/c1-2-3-4-8-16-13-17(22-20-16)12-15-11-10-14-7-5-6-9-18(14)19(15)21/h5-7,9-11,17,21H,2-4,8,12-13H2,1H3. The van der Waals surface area contributed by atoms with Crippen LogP contribution < -0.4 is 0 Å². The zero-order valence-electron chi connectivity index (χ0n) is 13.1. The molecule has 0 aromatic heterocycles. The zero-order valence-corrected chi connectivity index (χ0v) is 13.1. The second-order valence-electron chi connectivity index (χ2n) is 6.04. The minimum atomic E-state index is 0.0590. The van der Waals surface area contributed by atoms with E-state index in [0.29, 0.717) is 12.2 Å². The van der Waals surface area contributed by atoms with Crippen molar-refractivity contribution in [1.29, 1.82) is 0 Å². The van der Waals surface area contributed by atoms with Crippen LogP contribution in [0.25, 0.3) is 10.8 Å². The fourth-order valence-electron chi connectivity index (χ4n) is 3.03. The highest BCUT2D eigenvalue weighted by molar-refractivity contribution is 5.89. The van der Waals surface area contributed by atoms with E-state index in [2.05, 4.69) is 18.1 Å². The van der Waals surface area contributed by atoms with E-state index in [-0.39, 0.29) is 6.10 Å². The molecule has 1 aliphatic heterocycles. The molecule has 116 valence electrons. The summed E-state index contributed by atoms with van der Waals surface area (Å²) in [6, 6.07) is 12.0. The molecule has 3 nitrogen and oxygen atoms in total. The van der Waals surface area contributed by atoms with Gasteiger partial charge in [-0.1, -0.05) is 61.3 Å². The highest BCUT2D eigenvalue weighted by Gasteiger charge is 2.22. The topological polar surface area (TPSA) is 41.8 Å². The summed E-state index contributed by atoms with van der Waals surface area (Å²) in [5.41, 5.74) is 2.10. The lowest BCUT2D eigenvalue weighted by Crippen LogP contribution is -2.11. The molecule has 0 saturated heterocycles. The Bertz CT molecular complexity index is 678. The Morgan fingerprint density at radius 1 is 1.18 bits per heavy atom. The number of unbranched alkanes of at least 4 members (excludes halogenated alkanes) is 2. The minimum Gasteiger partial charge on any atom is -0.507 e. The first-order valence-corrected chi connectivity index (χ1v) is 8.19. The van der Waals surface area contributed by atoms with E-state index in [1.54, 1.807) is 0 Å². The normalized spacial score (nSPS) is 17.5. The predicted octanol–water partition coefficient (Wildman–Crippen LogP) is 4.81. The zero-order chi connectivity index (χ0) is 15.4. The lowest BCUT2D eigenvalue weighted by molar-refractivity contribution is 0.0854. The number of nitrogens with zero attached hydrogens (tertiary/aromatic N) is 1. The van der Waals surface area contributed by atoms with Crippen molar-refractivity contribution >= 4 is 16.5 Å². The molecule has 2 aromatic rings. The van der Waals surface area contributed by atoms with Crippen LogP contribution >= 0.6 is 0 Å². The summed E-state index contributed by atoms with van der Waals surface area (Å²) in [5, 5.41) is 16.6. The first kappa shape index (κ1) is 14.9. The highest BCUT2D eigenvalue weighted by atomic mass is 16.6. The molecule has 1 N–H and O–H groups in total. The number of aromatic hydroxyl groups is 1. The Labute approximate surface area is 131 Å². The van der Waals surface area contributed by atoms with E-state index in [1.807, 2.05) is 30.3 Å². The molecule has 22 heavy (non-hydrogen) atoms. The lowest BCUT2D eigenvalue weighted by atomic mass is 9.98. The van der Waals surface area contributed by atoms with Gasteiger partial charge in [0.25, 0.3) is 0 Å². The maximum absolute atomic E-state index is 10.5. The van der Waals surface area contributed by atoms with Crippen molar-refractivity contribution in [3.05, 3.63) is 42.0 Å². The van der Waals surface area contributed by atoms with Crippen molar-refractivity contribution in [2.45, 2.75) is 51.6 Å². The summed E-state index contributed by atoms with van der Waals surface area (Å²) < 4.78 is 0. The van der Waals surface area contributed by atoms with E-state index >= 15 is 0 Å². The van der Waals surface area contributed by atoms with Gasteiger partial charge in [0, 0.05) is 18.2 Å². The van der Waals surface area contributed by atoms with Gasteiger partial charge in [-0.25, -0.2) is 0 Å². The van der Waals surface area contributed by atoms with E-state index in [1.165, 1.54) is 25.0 Å². The molecule has 0 radical (unpaired) electrons.